The zero-order chi connectivity index (χ0) is 19.5. The molecule has 5 rings (SSSR count). The highest BCUT2D eigenvalue weighted by molar-refractivity contribution is 7.21. The fourth-order valence-electron chi connectivity index (χ4n) is 3.16. The van der Waals surface area contributed by atoms with Crippen molar-refractivity contribution in [3.05, 3.63) is 60.6 Å². The van der Waals surface area contributed by atoms with Gasteiger partial charge in [0.1, 0.15) is 17.4 Å². The van der Waals surface area contributed by atoms with Crippen LogP contribution in [0, 0.1) is 0 Å². The van der Waals surface area contributed by atoms with Gasteiger partial charge in [-0.1, -0.05) is 12.1 Å². The van der Waals surface area contributed by atoms with Gasteiger partial charge in [-0.05, 0) is 29.8 Å². The first-order valence-corrected chi connectivity index (χ1v) is 10.3. The molecule has 29 heavy (non-hydrogen) atoms. The number of benzene rings is 1. The summed E-state index contributed by atoms with van der Waals surface area (Å²) in [4.78, 5) is 20.0. The number of rotatable bonds is 5. The highest BCUT2D eigenvalue weighted by Crippen LogP contribution is 2.29. The molecule has 0 aliphatic carbocycles. The molecule has 1 aliphatic heterocycles. The molecule has 0 spiro atoms. The van der Waals surface area contributed by atoms with E-state index in [-0.39, 0.29) is 0 Å². The summed E-state index contributed by atoms with van der Waals surface area (Å²) < 4.78 is 12.3. The highest BCUT2D eigenvalue weighted by atomic mass is 32.1. The number of morpholine rings is 1. The number of fused-ring (bicyclic) bond motifs is 1. The second-order valence-electron chi connectivity index (χ2n) is 6.65. The van der Waals surface area contributed by atoms with Crippen LogP contribution in [0.3, 0.4) is 0 Å². The summed E-state index contributed by atoms with van der Waals surface area (Å²) in [6.45, 7) is 3.57. The van der Waals surface area contributed by atoms with Gasteiger partial charge in [0.25, 0.3) is 0 Å². The van der Waals surface area contributed by atoms with E-state index in [4.69, 9.17) is 9.47 Å². The topological polar surface area (TPSA) is 73.3 Å². The van der Waals surface area contributed by atoms with Crippen LogP contribution in [0.2, 0.25) is 0 Å². The molecule has 0 amide bonds. The zero-order valence-electron chi connectivity index (χ0n) is 15.7. The maximum atomic E-state index is 5.77. The van der Waals surface area contributed by atoms with Gasteiger partial charge >= 0.3 is 6.01 Å². The van der Waals surface area contributed by atoms with Crippen LogP contribution in [0.5, 0.6) is 6.01 Å². The molecule has 4 aromatic rings. The van der Waals surface area contributed by atoms with E-state index in [1.54, 1.807) is 29.9 Å². The highest BCUT2D eigenvalue weighted by Gasteiger charge is 2.13. The van der Waals surface area contributed by atoms with Gasteiger partial charge in [-0.3, -0.25) is 0 Å². The summed E-state index contributed by atoms with van der Waals surface area (Å²) in [7, 11) is 0. The van der Waals surface area contributed by atoms with Gasteiger partial charge < -0.3 is 14.4 Å². The van der Waals surface area contributed by atoms with Crippen LogP contribution in [-0.4, -0.2) is 46.2 Å². The minimum atomic E-state index is 0.347. The fraction of sp³-hybridized carbons (Fsp3) is 0.238. The smallest absolute Gasteiger partial charge is 0.316 e. The molecule has 0 atom stereocenters. The Morgan fingerprint density at radius 2 is 1.86 bits per heavy atom. The Labute approximate surface area is 172 Å². The van der Waals surface area contributed by atoms with Crippen molar-refractivity contribution in [3.63, 3.8) is 0 Å². The number of ether oxygens (including phenoxy) is 2. The fourth-order valence-corrected chi connectivity index (χ4v) is 4.10. The van der Waals surface area contributed by atoms with Gasteiger partial charge in [-0.15, -0.1) is 11.3 Å². The lowest BCUT2D eigenvalue weighted by Gasteiger charge is -2.27. The molecule has 1 aliphatic rings. The third kappa shape index (κ3) is 4.03. The Morgan fingerprint density at radius 1 is 1.03 bits per heavy atom. The Bertz CT molecular complexity index is 1080. The lowest BCUT2D eigenvalue weighted by molar-refractivity contribution is 0.122. The van der Waals surface area contributed by atoms with Crippen molar-refractivity contribution in [2.45, 2.75) is 6.61 Å². The van der Waals surface area contributed by atoms with Crippen molar-refractivity contribution in [1.29, 1.82) is 0 Å². The largest absolute Gasteiger partial charge is 0.459 e. The second-order valence-corrected chi connectivity index (χ2v) is 7.68. The molecule has 1 aromatic carbocycles. The second kappa shape index (κ2) is 8.10. The molecule has 0 N–H and O–H groups in total. The summed E-state index contributed by atoms with van der Waals surface area (Å²) in [5, 5.41) is 0.905. The quantitative estimate of drug-likeness (QED) is 0.503. The molecule has 0 radical (unpaired) electrons. The van der Waals surface area contributed by atoms with Crippen LogP contribution < -0.4 is 9.64 Å². The molecular weight excluding hydrogens is 386 g/mol. The van der Waals surface area contributed by atoms with Crippen molar-refractivity contribution in [3.8, 4) is 16.6 Å². The van der Waals surface area contributed by atoms with E-state index in [0.717, 1.165) is 58.5 Å². The summed E-state index contributed by atoms with van der Waals surface area (Å²) in [5.74, 6) is 0.946. The number of thiazole rings is 1. The van der Waals surface area contributed by atoms with Crippen molar-refractivity contribution < 1.29 is 9.47 Å². The normalized spacial score (nSPS) is 14.3. The van der Waals surface area contributed by atoms with E-state index < -0.39 is 0 Å². The number of anilines is 1. The van der Waals surface area contributed by atoms with Gasteiger partial charge in [0.2, 0.25) is 0 Å². The number of hydrogen-bond acceptors (Lipinski definition) is 8. The molecule has 4 heterocycles. The molecule has 8 heteroatoms. The van der Waals surface area contributed by atoms with Gasteiger partial charge in [0.05, 0.1) is 23.4 Å². The van der Waals surface area contributed by atoms with Crippen LogP contribution in [0.15, 0.2) is 55.0 Å². The van der Waals surface area contributed by atoms with Crippen LogP contribution >= 0.6 is 11.3 Å². The average molecular weight is 405 g/mol. The van der Waals surface area contributed by atoms with E-state index in [0.29, 0.717) is 12.6 Å². The summed E-state index contributed by atoms with van der Waals surface area (Å²) >= 11 is 1.63. The molecule has 0 bridgehead atoms. The van der Waals surface area contributed by atoms with Crippen molar-refractivity contribution in [2.75, 3.05) is 31.2 Å². The standard InChI is InChI=1S/C21H19N5O2S/c1-2-4-18-17(3-1)25-20(29-18)16-12-23-21(24-13-16)28-14-15-5-6-22-19(11-15)26-7-9-27-10-8-26/h1-6,11-13H,7-10,14H2. The summed E-state index contributed by atoms with van der Waals surface area (Å²) in [5.41, 5.74) is 2.90. The van der Waals surface area contributed by atoms with Crippen molar-refractivity contribution in [1.82, 2.24) is 19.9 Å². The van der Waals surface area contributed by atoms with Gasteiger partial charge in [0.15, 0.2) is 0 Å². The van der Waals surface area contributed by atoms with E-state index in [9.17, 15) is 0 Å². The monoisotopic (exact) mass is 405 g/mol. The molecule has 146 valence electrons. The van der Waals surface area contributed by atoms with Crippen LogP contribution in [0.25, 0.3) is 20.8 Å². The van der Waals surface area contributed by atoms with Crippen molar-refractivity contribution >= 4 is 27.4 Å². The Kier molecular flexibility index (Phi) is 5.02. The van der Waals surface area contributed by atoms with Crippen LogP contribution in [0.1, 0.15) is 5.56 Å². The number of pyridine rings is 1. The van der Waals surface area contributed by atoms with Crippen molar-refractivity contribution in [2.24, 2.45) is 0 Å². The van der Waals surface area contributed by atoms with E-state index >= 15 is 0 Å². The molecular formula is C21H19N5O2S. The molecule has 3 aromatic heterocycles. The van der Waals surface area contributed by atoms with E-state index in [1.165, 1.54) is 0 Å². The minimum absolute atomic E-state index is 0.347. The molecule has 1 fully saturated rings. The Morgan fingerprint density at radius 3 is 2.69 bits per heavy atom. The van der Waals surface area contributed by atoms with Gasteiger partial charge in [-0.25, -0.2) is 19.9 Å². The predicted octanol–water partition coefficient (Wildman–Crippen LogP) is 3.56. The SMILES string of the molecule is c1ccc2sc(-c3cnc(OCc4ccnc(N5CCOCC5)c4)nc3)nc2c1. The summed E-state index contributed by atoms with van der Waals surface area (Å²) in [6.07, 6.45) is 5.32. The molecule has 1 saturated heterocycles. The minimum Gasteiger partial charge on any atom is -0.459 e. The lowest BCUT2D eigenvalue weighted by atomic mass is 10.2. The summed E-state index contributed by atoms with van der Waals surface area (Å²) in [6, 6.07) is 12.4. The maximum absolute atomic E-state index is 5.77. The van der Waals surface area contributed by atoms with Gasteiger partial charge in [-0.2, -0.15) is 0 Å². The van der Waals surface area contributed by atoms with Crippen LogP contribution in [0.4, 0.5) is 5.82 Å². The molecule has 0 unspecified atom stereocenters. The first-order valence-electron chi connectivity index (χ1n) is 9.43. The number of para-hydroxylation sites is 1. The maximum Gasteiger partial charge on any atom is 0.316 e. The number of aromatic nitrogens is 4. The Balaban J connectivity index is 1.25. The lowest BCUT2D eigenvalue weighted by Crippen LogP contribution is -2.36. The van der Waals surface area contributed by atoms with E-state index in [1.807, 2.05) is 30.3 Å². The third-order valence-corrected chi connectivity index (χ3v) is 5.77. The molecule has 7 nitrogen and oxygen atoms in total. The van der Waals surface area contributed by atoms with E-state index in [2.05, 4.69) is 30.9 Å². The third-order valence-electron chi connectivity index (χ3n) is 4.68. The first kappa shape index (κ1) is 18.0. The molecule has 0 saturated carbocycles. The Hall–Kier alpha value is -3.10. The van der Waals surface area contributed by atoms with Gasteiger partial charge in [0, 0.05) is 37.2 Å². The first-order chi connectivity index (χ1) is 14.3. The zero-order valence-corrected chi connectivity index (χ0v) is 16.5. The predicted molar refractivity (Wildman–Crippen MR) is 112 cm³/mol. The number of nitrogens with zero attached hydrogens (tertiary/aromatic N) is 5. The average Bonchev–Trinajstić information content (AvgIpc) is 3.23. The van der Waals surface area contributed by atoms with Crippen LogP contribution in [-0.2, 0) is 11.3 Å². The number of hydrogen-bond donors (Lipinski definition) is 0.